The third kappa shape index (κ3) is 6.15. The Morgan fingerprint density at radius 1 is 1.10 bits per heavy atom. The zero-order chi connectivity index (χ0) is 29.1. The van der Waals surface area contributed by atoms with Gasteiger partial charge in [0.15, 0.2) is 0 Å². The summed E-state index contributed by atoms with van der Waals surface area (Å²) in [5.74, 6) is 1.19. The predicted molar refractivity (Wildman–Crippen MR) is 163 cm³/mol. The number of thioether (sulfide) groups is 1. The summed E-state index contributed by atoms with van der Waals surface area (Å²) >= 11 is 1.58. The number of rotatable bonds is 7. The van der Waals surface area contributed by atoms with E-state index in [1.54, 1.807) is 36.2 Å². The molecule has 0 fully saturated rings. The van der Waals surface area contributed by atoms with E-state index in [1.807, 2.05) is 47.1 Å². The van der Waals surface area contributed by atoms with Crippen LogP contribution >= 0.6 is 11.8 Å². The van der Waals surface area contributed by atoms with E-state index >= 15 is 0 Å². The number of nitrogens with zero attached hydrogens (tertiary/aromatic N) is 4. The van der Waals surface area contributed by atoms with Gasteiger partial charge in [-0.1, -0.05) is 50.6 Å². The fraction of sp³-hybridized carbons (Fsp3) is 0.312. The summed E-state index contributed by atoms with van der Waals surface area (Å²) in [5, 5.41) is 7.97. The third-order valence-corrected chi connectivity index (χ3v) is 8.26. The summed E-state index contributed by atoms with van der Waals surface area (Å²) < 4.78 is 7.20. The molecule has 3 heterocycles. The van der Waals surface area contributed by atoms with Gasteiger partial charge in [0.2, 0.25) is 11.8 Å². The number of nitrogens with one attached hydrogen (secondary N) is 1. The van der Waals surface area contributed by atoms with Gasteiger partial charge in [-0.15, -0.1) is 11.8 Å². The number of ether oxygens (including phenoxy) is 1. The minimum absolute atomic E-state index is 0.122. The molecule has 0 saturated heterocycles. The van der Waals surface area contributed by atoms with Crippen LogP contribution in [0.2, 0.25) is 0 Å². The summed E-state index contributed by atoms with van der Waals surface area (Å²) in [6, 6.07) is 19.7. The summed E-state index contributed by atoms with van der Waals surface area (Å²) in [6.07, 6.45) is 3.38. The smallest absolute Gasteiger partial charge is 0.240 e. The van der Waals surface area contributed by atoms with Crippen molar-refractivity contribution in [1.29, 1.82) is 0 Å². The minimum atomic E-state index is -0.326. The Labute approximate surface area is 245 Å². The molecule has 41 heavy (non-hydrogen) atoms. The van der Waals surface area contributed by atoms with Crippen LogP contribution in [0.15, 0.2) is 73.1 Å². The number of hydrogen-bond acceptors (Lipinski definition) is 6. The monoisotopic (exact) mass is 569 g/mol. The van der Waals surface area contributed by atoms with Gasteiger partial charge in [-0.25, -0.2) is 4.68 Å². The standard InChI is InChI=1S/C32H35N5O3S/c1-21-7-6-8-23(17-21)29-28-30(32(2,3)4)35-37(24-9-11-25(40-5)12-10-24)31(28)36(27(39)20-41-29)19-26(38)34-18-22-13-15-33-16-14-22/h6-17,29H,18-20H2,1-5H3,(H,34,38)/t29-/m0/s1. The van der Waals surface area contributed by atoms with E-state index in [4.69, 9.17) is 9.84 Å². The van der Waals surface area contributed by atoms with Gasteiger partial charge in [-0.2, -0.15) is 5.10 Å². The van der Waals surface area contributed by atoms with E-state index in [-0.39, 0.29) is 34.8 Å². The van der Waals surface area contributed by atoms with E-state index in [0.29, 0.717) is 12.4 Å². The number of fused-ring (bicyclic) bond motifs is 1. The first-order chi connectivity index (χ1) is 19.7. The van der Waals surface area contributed by atoms with Crippen LogP contribution in [0.4, 0.5) is 5.82 Å². The maximum atomic E-state index is 13.8. The van der Waals surface area contributed by atoms with Crippen molar-refractivity contribution in [1.82, 2.24) is 20.1 Å². The maximum absolute atomic E-state index is 13.8. The number of aryl methyl sites for hydroxylation is 1. The van der Waals surface area contributed by atoms with E-state index in [1.165, 1.54) is 0 Å². The lowest BCUT2D eigenvalue weighted by atomic mass is 9.87. The number of hydrogen-bond donors (Lipinski definition) is 1. The molecule has 1 atom stereocenters. The molecule has 212 valence electrons. The van der Waals surface area contributed by atoms with Gasteiger partial charge in [0.05, 0.1) is 29.5 Å². The summed E-state index contributed by atoms with van der Waals surface area (Å²) in [5.41, 5.74) is 5.48. The second-order valence-corrected chi connectivity index (χ2v) is 12.3. The van der Waals surface area contributed by atoms with Crippen molar-refractivity contribution in [2.24, 2.45) is 0 Å². The van der Waals surface area contributed by atoms with Crippen LogP contribution in [0.25, 0.3) is 5.69 Å². The number of carbonyl (C=O) groups is 2. The molecule has 0 radical (unpaired) electrons. The topological polar surface area (TPSA) is 89.3 Å². The van der Waals surface area contributed by atoms with E-state index < -0.39 is 0 Å². The lowest BCUT2D eigenvalue weighted by Gasteiger charge is -2.24. The Kier molecular flexibility index (Phi) is 8.17. The molecule has 1 N–H and O–H groups in total. The number of anilines is 1. The van der Waals surface area contributed by atoms with Crippen molar-refractivity contribution < 1.29 is 14.3 Å². The average Bonchev–Trinajstić information content (AvgIpc) is 3.30. The summed E-state index contributed by atoms with van der Waals surface area (Å²) in [6.45, 7) is 8.69. The highest BCUT2D eigenvalue weighted by Crippen LogP contribution is 2.48. The number of benzene rings is 2. The molecule has 5 rings (SSSR count). The zero-order valence-corrected chi connectivity index (χ0v) is 24.9. The number of amides is 2. The molecule has 9 heteroatoms. The van der Waals surface area contributed by atoms with Gasteiger partial charge in [0.25, 0.3) is 0 Å². The van der Waals surface area contributed by atoms with Crippen molar-refractivity contribution in [3.05, 3.63) is 101 Å². The van der Waals surface area contributed by atoms with Crippen LogP contribution in [0, 0.1) is 6.92 Å². The number of carbonyl (C=O) groups excluding carboxylic acids is 2. The van der Waals surface area contributed by atoms with Gasteiger partial charge in [-0.3, -0.25) is 19.5 Å². The second-order valence-electron chi connectivity index (χ2n) is 11.2. The fourth-order valence-corrected chi connectivity index (χ4v) is 6.16. The molecule has 1 aliphatic heterocycles. The maximum Gasteiger partial charge on any atom is 0.240 e. The van der Waals surface area contributed by atoms with Crippen LogP contribution < -0.4 is 15.0 Å². The SMILES string of the molecule is COc1ccc(-n2nc(C(C)(C)C)c3c2N(CC(=O)NCc2ccncc2)C(=O)CS[C@H]3c2cccc(C)c2)cc1. The molecule has 1 aliphatic rings. The number of methoxy groups -OCH3 is 1. The first kappa shape index (κ1) is 28.4. The summed E-state index contributed by atoms with van der Waals surface area (Å²) in [4.78, 5) is 32.8. The van der Waals surface area contributed by atoms with Crippen molar-refractivity contribution in [2.75, 3.05) is 24.3 Å². The van der Waals surface area contributed by atoms with Crippen molar-refractivity contribution >= 4 is 29.4 Å². The highest BCUT2D eigenvalue weighted by molar-refractivity contribution is 8.00. The predicted octanol–water partition coefficient (Wildman–Crippen LogP) is 5.37. The quantitative estimate of drug-likeness (QED) is 0.322. The Hall–Kier alpha value is -4.11. The molecule has 0 spiro atoms. The van der Waals surface area contributed by atoms with Crippen LogP contribution in [-0.2, 0) is 21.5 Å². The summed E-state index contributed by atoms with van der Waals surface area (Å²) in [7, 11) is 1.63. The molecular formula is C32H35N5O3S. The van der Waals surface area contributed by atoms with E-state index in [0.717, 1.165) is 39.4 Å². The zero-order valence-electron chi connectivity index (χ0n) is 24.0. The largest absolute Gasteiger partial charge is 0.497 e. The molecule has 4 aromatic rings. The first-order valence-electron chi connectivity index (χ1n) is 13.6. The van der Waals surface area contributed by atoms with Crippen molar-refractivity contribution in [2.45, 2.75) is 44.9 Å². The van der Waals surface area contributed by atoms with Crippen LogP contribution in [-0.4, -0.2) is 46.0 Å². The highest BCUT2D eigenvalue weighted by Gasteiger charge is 2.40. The molecule has 0 aliphatic carbocycles. The van der Waals surface area contributed by atoms with Crippen LogP contribution in [0.3, 0.4) is 0 Å². The first-order valence-corrected chi connectivity index (χ1v) is 14.6. The molecule has 2 amide bonds. The number of aromatic nitrogens is 3. The Morgan fingerprint density at radius 2 is 1.83 bits per heavy atom. The second kappa shape index (κ2) is 11.8. The average molecular weight is 570 g/mol. The Bertz CT molecular complexity index is 1540. The molecule has 0 unspecified atom stereocenters. The van der Waals surface area contributed by atoms with Gasteiger partial charge in [0.1, 0.15) is 18.1 Å². The molecule has 8 nitrogen and oxygen atoms in total. The third-order valence-electron chi connectivity index (χ3n) is 7.00. The van der Waals surface area contributed by atoms with Gasteiger partial charge >= 0.3 is 0 Å². The van der Waals surface area contributed by atoms with Gasteiger partial charge in [-0.05, 0) is 54.4 Å². The van der Waals surface area contributed by atoms with Crippen molar-refractivity contribution in [3.8, 4) is 11.4 Å². The molecule has 2 aromatic heterocycles. The Balaban J connectivity index is 1.65. The van der Waals surface area contributed by atoms with Gasteiger partial charge in [0, 0.05) is 29.9 Å². The normalized spacial score (nSPS) is 15.3. The number of pyridine rings is 1. The van der Waals surface area contributed by atoms with E-state index in [9.17, 15) is 9.59 Å². The molecular weight excluding hydrogens is 534 g/mol. The highest BCUT2D eigenvalue weighted by atomic mass is 32.2. The molecule has 2 aromatic carbocycles. The van der Waals surface area contributed by atoms with Gasteiger partial charge < -0.3 is 10.1 Å². The van der Waals surface area contributed by atoms with E-state index in [2.05, 4.69) is 56.2 Å². The molecule has 0 saturated carbocycles. The minimum Gasteiger partial charge on any atom is -0.497 e. The van der Waals surface area contributed by atoms with Crippen molar-refractivity contribution in [3.63, 3.8) is 0 Å². The van der Waals surface area contributed by atoms with Crippen LogP contribution in [0.5, 0.6) is 5.75 Å². The Morgan fingerprint density at radius 3 is 2.49 bits per heavy atom. The van der Waals surface area contributed by atoms with Crippen LogP contribution in [0.1, 0.15) is 54.0 Å². The lowest BCUT2D eigenvalue weighted by molar-refractivity contribution is -0.123. The lowest BCUT2D eigenvalue weighted by Crippen LogP contribution is -2.42. The molecule has 0 bridgehead atoms. The fourth-order valence-electron chi connectivity index (χ4n) is 4.97.